The Morgan fingerprint density at radius 2 is 1.94 bits per heavy atom. The first-order valence-corrected chi connectivity index (χ1v) is 6.09. The molecule has 0 aliphatic carbocycles. The number of rotatable bonds is 5. The van der Waals surface area contributed by atoms with Crippen molar-refractivity contribution in [3.63, 3.8) is 0 Å². The Labute approximate surface area is 107 Å². The van der Waals surface area contributed by atoms with Gasteiger partial charge in [-0.2, -0.15) is 0 Å². The molecule has 90 valence electrons. The van der Waals surface area contributed by atoms with Crippen LogP contribution >= 0.6 is 23.2 Å². The van der Waals surface area contributed by atoms with Crippen LogP contribution in [-0.2, 0) is 5.41 Å². The van der Waals surface area contributed by atoms with E-state index in [1.807, 2.05) is 18.2 Å². The Morgan fingerprint density at radius 3 is 2.50 bits per heavy atom. The zero-order valence-electron chi connectivity index (χ0n) is 9.69. The molecule has 0 amide bonds. The van der Waals surface area contributed by atoms with Crippen molar-refractivity contribution in [2.45, 2.75) is 19.3 Å². The van der Waals surface area contributed by atoms with Crippen LogP contribution in [0.3, 0.4) is 0 Å². The van der Waals surface area contributed by atoms with Crippen LogP contribution in [0.25, 0.3) is 0 Å². The molecule has 0 unspecified atom stereocenters. The van der Waals surface area contributed by atoms with E-state index in [9.17, 15) is 0 Å². The Balaban J connectivity index is 2.76. The molecule has 0 spiro atoms. The lowest BCUT2D eigenvalue weighted by molar-refractivity contribution is 0.473. The van der Waals surface area contributed by atoms with E-state index in [2.05, 4.69) is 19.2 Å². The molecule has 3 N–H and O–H groups in total. The summed E-state index contributed by atoms with van der Waals surface area (Å²) in [5.41, 5.74) is 6.63. The van der Waals surface area contributed by atoms with Crippen LogP contribution < -0.4 is 11.1 Å². The van der Waals surface area contributed by atoms with Gasteiger partial charge in [0, 0.05) is 25.0 Å². The third kappa shape index (κ3) is 3.63. The van der Waals surface area contributed by atoms with Gasteiger partial charge >= 0.3 is 0 Å². The van der Waals surface area contributed by atoms with Crippen molar-refractivity contribution in [2.24, 2.45) is 5.73 Å². The van der Waals surface area contributed by atoms with Gasteiger partial charge in [0.2, 0.25) is 0 Å². The van der Waals surface area contributed by atoms with Crippen molar-refractivity contribution in [1.29, 1.82) is 0 Å². The fourth-order valence-corrected chi connectivity index (χ4v) is 1.82. The molecule has 2 nitrogen and oxygen atoms in total. The second-order valence-electron chi connectivity index (χ2n) is 4.48. The van der Waals surface area contributed by atoms with Crippen molar-refractivity contribution in [1.82, 2.24) is 5.32 Å². The van der Waals surface area contributed by atoms with Gasteiger partial charge in [0.15, 0.2) is 0 Å². The van der Waals surface area contributed by atoms with Crippen LogP contribution in [0.4, 0.5) is 0 Å². The maximum absolute atomic E-state index is 6.01. The topological polar surface area (TPSA) is 38.0 Å². The first-order chi connectivity index (χ1) is 7.47. The summed E-state index contributed by atoms with van der Waals surface area (Å²) >= 11 is 11.9. The number of nitrogens with one attached hydrogen (secondary N) is 1. The quantitative estimate of drug-likeness (QED) is 0.800. The predicted molar refractivity (Wildman–Crippen MR) is 71.4 cm³/mol. The minimum Gasteiger partial charge on any atom is -0.329 e. The lowest BCUT2D eigenvalue weighted by atomic mass is 9.84. The molecule has 16 heavy (non-hydrogen) atoms. The van der Waals surface area contributed by atoms with Gasteiger partial charge in [0.25, 0.3) is 0 Å². The highest BCUT2D eigenvalue weighted by atomic mass is 35.5. The molecule has 4 heteroatoms. The third-order valence-corrected chi connectivity index (χ3v) is 3.33. The van der Waals surface area contributed by atoms with Crippen molar-refractivity contribution in [2.75, 3.05) is 19.6 Å². The van der Waals surface area contributed by atoms with E-state index in [1.54, 1.807) is 0 Å². The molecule has 0 saturated carbocycles. The van der Waals surface area contributed by atoms with E-state index in [0.717, 1.165) is 13.1 Å². The standard InChI is InChI=1S/C12H18Cl2N2/c1-12(2,8-16-6-5-15)9-3-4-10(13)11(14)7-9/h3-4,7,16H,5-6,8,15H2,1-2H3. The van der Waals surface area contributed by atoms with Crippen molar-refractivity contribution in [3.8, 4) is 0 Å². The van der Waals surface area contributed by atoms with Crippen molar-refractivity contribution < 1.29 is 0 Å². The van der Waals surface area contributed by atoms with Gasteiger partial charge in [-0.25, -0.2) is 0 Å². The highest BCUT2D eigenvalue weighted by Crippen LogP contribution is 2.29. The lowest BCUT2D eigenvalue weighted by Crippen LogP contribution is -2.35. The Morgan fingerprint density at radius 1 is 1.25 bits per heavy atom. The molecule has 1 rings (SSSR count). The molecule has 0 aliphatic rings. The molecule has 0 aliphatic heterocycles. The van der Waals surface area contributed by atoms with Gasteiger partial charge in [0.1, 0.15) is 0 Å². The predicted octanol–water partition coefficient (Wildman–Crippen LogP) is 2.82. The van der Waals surface area contributed by atoms with Crippen LogP contribution in [0.5, 0.6) is 0 Å². The van der Waals surface area contributed by atoms with Crippen LogP contribution in [-0.4, -0.2) is 19.6 Å². The minimum absolute atomic E-state index is 0.0173. The highest BCUT2D eigenvalue weighted by Gasteiger charge is 2.20. The van der Waals surface area contributed by atoms with Gasteiger partial charge < -0.3 is 11.1 Å². The SMILES string of the molecule is CC(C)(CNCCN)c1ccc(Cl)c(Cl)c1. The minimum atomic E-state index is 0.0173. The maximum atomic E-state index is 6.01. The van der Waals surface area contributed by atoms with Crippen LogP contribution in [0.15, 0.2) is 18.2 Å². The lowest BCUT2D eigenvalue weighted by Gasteiger charge is -2.26. The highest BCUT2D eigenvalue weighted by molar-refractivity contribution is 6.42. The summed E-state index contributed by atoms with van der Waals surface area (Å²) in [6, 6.07) is 5.77. The molecular formula is C12H18Cl2N2. The van der Waals surface area contributed by atoms with Gasteiger partial charge in [0.05, 0.1) is 10.0 Å². The molecular weight excluding hydrogens is 243 g/mol. The molecule has 0 bridgehead atoms. The third-order valence-electron chi connectivity index (χ3n) is 2.59. The van der Waals surface area contributed by atoms with Crippen LogP contribution in [0.1, 0.15) is 19.4 Å². The average Bonchev–Trinajstić information content (AvgIpc) is 2.22. The fourth-order valence-electron chi connectivity index (χ4n) is 1.52. The smallest absolute Gasteiger partial charge is 0.0595 e. The molecule has 0 atom stereocenters. The number of halogens is 2. The monoisotopic (exact) mass is 260 g/mol. The summed E-state index contributed by atoms with van der Waals surface area (Å²) < 4.78 is 0. The molecule has 1 aromatic carbocycles. The fraction of sp³-hybridized carbons (Fsp3) is 0.500. The summed E-state index contributed by atoms with van der Waals surface area (Å²) in [5, 5.41) is 4.50. The normalized spacial score (nSPS) is 11.8. The van der Waals surface area contributed by atoms with E-state index in [1.165, 1.54) is 5.56 Å². The van der Waals surface area contributed by atoms with Gasteiger partial charge in [-0.15, -0.1) is 0 Å². The summed E-state index contributed by atoms with van der Waals surface area (Å²) in [7, 11) is 0. The average molecular weight is 261 g/mol. The summed E-state index contributed by atoms with van der Waals surface area (Å²) in [6.07, 6.45) is 0. The summed E-state index contributed by atoms with van der Waals surface area (Å²) in [4.78, 5) is 0. The second kappa shape index (κ2) is 5.87. The number of hydrogen-bond acceptors (Lipinski definition) is 2. The first-order valence-electron chi connectivity index (χ1n) is 5.33. The van der Waals surface area contributed by atoms with E-state index < -0.39 is 0 Å². The van der Waals surface area contributed by atoms with E-state index in [-0.39, 0.29) is 5.41 Å². The first kappa shape index (κ1) is 13.8. The molecule has 0 aromatic heterocycles. The Kier molecular flexibility index (Phi) is 5.06. The van der Waals surface area contributed by atoms with Crippen molar-refractivity contribution in [3.05, 3.63) is 33.8 Å². The van der Waals surface area contributed by atoms with E-state index in [4.69, 9.17) is 28.9 Å². The van der Waals surface area contributed by atoms with Crippen LogP contribution in [0, 0.1) is 0 Å². The molecule has 0 fully saturated rings. The number of nitrogens with two attached hydrogens (primary N) is 1. The molecule has 0 radical (unpaired) electrons. The van der Waals surface area contributed by atoms with Crippen molar-refractivity contribution >= 4 is 23.2 Å². The van der Waals surface area contributed by atoms with Gasteiger partial charge in [-0.05, 0) is 17.7 Å². The molecule has 0 heterocycles. The summed E-state index contributed by atoms with van der Waals surface area (Å²) in [6.45, 7) is 6.66. The maximum Gasteiger partial charge on any atom is 0.0595 e. The van der Waals surface area contributed by atoms with Crippen LogP contribution in [0.2, 0.25) is 10.0 Å². The Bertz CT molecular complexity index is 351. The van der Waals surface area contributed by atoms with E-state index in [0.29, 0.717) is 16.6 Å². The van der Waals surface area contributed by atoms with Gasteiger partial charge in [-0.1, -0.05) is 43.1 Å². The molecule has 0 saturated heterocycles. The van der Waals surface area contributed by atoms with E-state index >= 15 is 0 Å². The molecule has 1 aromatic rings. The largest absolute Gasteiger partial charge is 0.329 e. The number of hydrogen-bond donors (Lipinski definition) is 2. The van der Waals surface area contributed by atoms with Gasteiger partial charge in [-0.3, -0.25) is 0 Å². The summed E-state index contributed by atoms with van der Waals surface area (Å²) in [5.74, 6) is 0. The zero-order chi connectivity index (χ0) is 12.2. The number of benzene rings is 1. The second-order valence-corrected chi connectivity index (χ2v) is 5.29. The zero-order valence-corrected chi connectivity index (χ0v) is 11.2. The Hall–Kier alpha value is -0.280.